The van der Waals surface area contributed by atoms with Crippen LogP contribution in [0.2, 0.25) is 0 Å². The molecule has 0 saturated heterocycles. The number of hydrogen-bond donors (Lipinski definition) is 1. The normalized spacial score (nSPS) is 11.7. The molecule has 0 spiro atoms. The first-order chi connectivity index (χ1) is 14.4. The van der Waals surface area contributed by atoms with E-state index in [-0.39, 0.29) is 12.1 Å². The lowest BCUT2D eigenvalue weighted by Crippen LogP contribution is -2.20. The molecular weight excluding hydrogens is 403 g/mol. The summed E-state index contributed by atoms with van der Waals surface area (Å²) in [5, 5.41) is 13.2. The summed E-state index contributed by atoms with van der Waals surface area (Å²) in [6.07, 6.45) is 2.81. The van der Waals surface area contributed by atoms with E-state index in [2.05, 4.69) is 19.8 Å². The SMILES string of the molecule is O=c1c2nccnc2c(-c2cnn(CCO)c2)cn1-c1ccc(OC(F)(F)F)cc1. The van der Waals surface area contributed by atoms with Gasteiger partial charge < -0.3 is 9.84 Å². The van der Waals surface area contributed by atoms with Gasteiger partial charge in [-0.2, -0.15) is 5.10 Å². The Labute approximate surface area is 166 Å². The van der Waals surface area contributed by atoms with Gasteiger partial charge in [0.2, 0.25) is 0 Å². The van der Waals surface area contributed by atoms with Crippen molar-refractivity contribution < 1.29 is 23.0 Å². The standard InChI is InChI=1S/C19H14F3N5O3/c20-19(21,22)30-14-3-1-13(2-4-14)27-11-15(12-9-25-26(10-12)7-8-28)16-17(18(27)29)24-6-5-23-16/h1-6,9-11,28H,7-8H2. The Morgan fingerprint density at radius 1 is 1.03 bits per heavy atom. The van der Waals surface area contributed by atoms with E-state index in [1.165, 1.54) is 40.0 Å². The summed E-state index contributed by atoms with van der Waals surface area (Å²) in [6.45, 7) is 0.206. The van der Waals surface area contributed by atoms with Crippen LogP contribution in [0, 0.1) is 0 Å². The third-order valence-corrected chi connectivity index (χ3v) is 4.25. The lowest BCUT2D eigenvalue weighted by molar-refractivity contribution is -0.274. The molecule has 0 radical (unpaired) electrons. The number of aliphatic hydroxyl groups is 1. The molecule has 0 unspecified atom stereocenters. The minimum atomic E-state index is -4.81. The number of nitrogens with zero attached hydrogens (tertiary/aromatic N) is 5. The van der Waals surface area contributed by atoms with E-state index < -0.39 is 17.7 Å². The van der Waals surface area contributed by atoms with E-state index in [1.54, 1.807) is 12.4 Å². The van der Waals surface area contributed by atoms with Crippen molar-refractivity contribution in [3.63, 3.8) is 0 Å². The summed E-state index contributed by atoms with van der Waals surface area (Å²) in [5.41, 5.74) is 1.50. The molecule has 4 aromatic rings. The van der Waals surface area contributed by atoms with Gasteiger partial charge in [0, 0.05) is 41.6 Å². The van der Waals surface area contributed by atoms with Gasteiger partial charge in [-0.15, -0.1) is 13.2 Å². The third-order valence-electron chi connectivity index (χ3n) is 4.25. The fourth-order valence-corrected chi connectivity index (χ4v) is 2.99. The van der Waals surface area contributed by atoms with Crippen LogP contribution >= 0.6 is 0 Å². The number of aliphatic hydroxyl groups excluding tert-OH is 1. The minimum absolute atomic E-state index is 0.0898. The molecule has 0 atom stereocenters. The number of halogens is 3. The molecule has 30 heavy (non-hydrogen) atoms. The maximum Gasteiger partial charge on any atom is 0.573 e. The average molecular weight is 417 g/mol. The van der Waals surface area contributed by atoms with Crippen molar-refractivity contribution in [2.24, 2.45) is 0 Å². The van der Waals surface area contributed by atoms with Crippen molar-refractivity contribution in [3.05, 3.63) is 65.6 Å². The summed E-state index contributed by atoms with van der Waals surface area (Å²) < 4.78 is 43.8. The highest BCUT2D eigenvalue weighted by Crippen LogP contribution is 2.27. The Balaban J connectivity index is 1.84. The van der Waals surface area contributed by atoms with Crippen LogP contribution in [0.15, 0.2) is 60.0 Å². The van der Waals surface area contributed by atoms with Crippen LogP contribution in [-0.2, 0) is 6.54 Å². The smallest absolute Gasteiger partial charge is 0.406 e. The van der Waals surface area contributed by atoms with Gasteiger partial charge in [-0.3, -0.25) is 19.0 Å². The number of alkyl halides is 3. The van der Waals surface area contributed by atoms with E-state index in [0.717, 1.165) is 12.1 Å². The van der Waals surface area contributed by atoms with Crippen LogP contribution in [0.3, 0.4) is 0 Å². The molecule has 11 heteroatoms. The molecule has 0 saturated carbocycles. The van der Waals surface area contributed by atoms with Crippen LogP contribution in [-0.4, -0.2) is 42.4 Å². The Hall–Kier alpha value is -3.73. The summed E-state index contributed by atoms with van der Waals surface area (Å²) in [5.74, 6) is -0.398. The molecule has 1 aromatic carbocycles. The first-order valence-electron chi connectivity index (χ1n) is 8.72. The molecule has 154 valence electrons. The van der Waals surface area contributed by atoms with Gasteiger partial charge in [-0.1, -0.05) is 0 Å². The summed E-state index contributed by atoms with van der Waals surface area (Å²) in [7, 11) is 0. The second kappa shape index (κ2) is 7.59. The quantitative estimate of drug-likeness (QED) is 0.536. The van der Waals surface area contributed by atoms with Crippen LogP contribution in [0.25, 0.3) is 27.8 Å². The Bertz CT molecular complexity index is 1250. The van der Waals surface area contributed by atoms with Crippen molar-refractivity contribution >= 4 is 11.0 Å². The number of rotatable bonds is 5. The lowest BCUT2D eigenvalue weighted by Gasteiger charge is -2.12. The molecule has 0 amide bonds. The maximum atomic E-state index is 12.9. The van der Waals surface area contributed by atoms with Crippen molar-refractivity contribution in [2.75, 3.05) is 6.61 Å². The predicted molar refractivity (Wildman–Crippen MR) is 100 cm³/mol. The van der Waals surface area contributed by atoms with Gasteiger partial charge in [0.1, 0.15) is 11.3 Å². The van der Waals surface area contributed by atoms with Crippen molar-refractivity contribution in [3.8, 4) is 22.6 Å². The van der Waals surface area contributed by atoms with Crippen LogP contribution in [0.1, 0.15) is 0 Å². The lowest BCUT2D eigenvalue weighted by atomic mass is 10.1. The molecule has 3 heterocycles. The van der Waals surface area contributed by atoms with Crippen molar-refractivity contribution in [1.82, 2.24) is 24.3 Å². The molecule has 0 fully saturated rings. The molecule has 8 nitrogen and oxygen atoms in total. The molecule has 4 rings (SSSR count). The highest BCUT2D eigenvalue weighted by molar-refractivity contribution is 5.90. The third kappa shape index (κ3) is 3.87. The van der Waals surface area contributed by atoms with E-state index >= 15 is 0 Å². The summed E-state index contributed by atoms with van der Waals surface area (Å²) in [4.78, 5) is 21.3. The Morgan fingerprint density at radius 2 is 1.73 bits per heavy atom. The first kappa shape index (κ1) is 19.6. The molecule has 1 N–H and O–H groups in total. The van der Waals surface area contributed by atoms with E-state index in [0.29, 0.717) is 28.9 Å². The number of ether oxygens (including phenoxy) is 1. The van der Waals surface area contributed by atoms with Gasteiger partial charge in [0.25, 0.3) is 5.56 Å². The first-order valence-corrected chi connectivity index (χ1v) is 8.72. The number of hydrogen-bond acceptors (Lipinski definition) is 6. The number of fused-ring (bicyclic) bond motifs is 1. The van der Waals surface area contributed by atoms with Gasteiger partial charge in [-0.25, -0.2) is 4.98 Å². The highest BCUT2D eigenvalue weighted by Gasteiger charge is 2.31. The van der Waals surface area contributed by atoms with Gasteiger partial charge in [0.05, 0.1) is 19.3 Å². The van der Waals surface area contributed by atoms with Crippen LogP contribution in [0.5, 0.6) is 5.75 Å². The molecule has 0 aliphatic rings. The molecule has 0 bridgehead atoms. The molecule has 0 aliphatic heterocycles. The van der Waals surface area contributed by atoms with E-state index in [1.807, 2.05) is 0 Å². The van der Waals surface area contributed by atoms with E-state index in [9.17, 15) is 18.0 Å². The summed E-state index contributed by atoms with van der Waals surface area (Å²) >= 11 is 0. The zero-order chi connectivity index (χ0) is 21.3. The topological polar surface area (TPSA) is 95.1 Å². The fraction of sp³-hybridized carbons (Fsp3) is 0.158. The number of benzene rings is 1. The number of aromatic nitrogens is 5. The summed E-state index contributed by atoms with van der Waals surface area (Å²) in [6, 6.07) is 4.91. The zero-order valence-electron chi connectivity index (χ0n) is 15.2. The maximum absolute atomic E-state index is 12.9. The van der Waals surface area contributed by atoms with Crippen LogP contribution in [0.4, 0.5) is 13.2 Å². The minimum Gasteiger partial charge on any atom is -0.406 e. The van der Waals surface area contributed by atoms with Gasteiger partial charge in [0.15, 0.2) is 5.52 Å². The fourth-order valence-electron chi connectivity index (χ4n) is 2.99. The molecule has 3 aromatic heterocycles. The van der Waals surface area contributed by atoms with Crippen LogP contribution < -0.4 is 10.3 Å². The Morgan fingerprint density at radius 3 is 2.40 bits per heavy atom. The highest BCUT2D eigenvalue weighted by atomic mass is 19.4. The van der Waals surface area contributed by atoms with Crippen molar-refractivity contribution in [2.45, 2.75) is 12.9 Å². The largest absolute Gasteiger partial charge is 0.573 e. The van der Waals surface area contributed by atoms with Gasteiger partial charge >= 0.3 is 6.36 Å². The second-order valence-electron chi connectivity index (χ2n) is 6.23. The molecular formula is C19H14F3N5O3. The van der Waals surface area contributed by atoms with Crippen molar-refractivity contribution in [1.29, 1.82) is 0 Å². The predicted octanol–water partition coefficient (Wildman–Crippen LogP) is 2.54. The molecule has 0 aliphatic carbocycles. The average Bonchev–Trinajstić information content (AvgIpc) is 3.17. The Kier molecular flexibility index (Phi) is 4.96. The second-order valence-corrected chi connectivity index (χ2v) is 6.23. The monoisotopic (exact) mass is 417 g/mol. The van der Waals surface area contributed by atoms with Gasteiger partial charge in [-0.05, 0) is 24.3 Å². The number of pyridine rings is 1. The zero-order valence-corrected chi connectivity index (χ0v) is 15.2. The van der Waals surface area contributed by atoms with E-state index in [4.69, 9.17) is 5.11 Å².